The number of benzene rings is 2. The van der Waals surface area contributed by atoms with Crippen LogP contribution in [0.3, 0.4) is 0 Å². The van der Waals surface area contributed by atoms with Gasteiger partial charge in [0.2, 0.25) is 5.91 Å². The third-order valence-electron chi connectivity index (χ3n) is 6.40. The maximum absolute atomic E-state index is 14.0. The van der Waals surface area contributed by atoms with Crippen LogP contribution in [0.25, 0.3) is 5.69 Å². The summed E-state index contributed by atoms with van der Waals surface area (Å²) in [5.41, 5.74) is 2.77. The Balaban J connectivity index is 1.45. The predicted octanol–water partition coefficient (Wildman–Crippen LogP) is 4.71. The number of hydrogen-bond acceptors (Lipinski definition) is 4. The molecule has 3 N–H and O–H groups in total. The number of carbonyl (C=O) groups excluding carboxylic acids is 1. The quantitative estimate of drug-likeness (QED) is 0.284. The Kier molecular flexibility index (Phi) is 7.14. The van der Waals surface area contributed by atoms with Gasteiger partial charge < -0.3 is 25.2 Å². The van der Waals surface area contributed by atoms with Gasteiger partial charge in [0.15, 0.2) is 5.11 Å². The predicted molar refractivity (Wildman–Crippen MR) is 145 cm³/mol. The van der Waals surface area contributed by atoms with Crippen molar-refractivity contribution in [3.05, 3.63) is 114 Å². The minimum Gasteiger partial charge on any atom is -0.478 e. The molecule has 0 aliphatic carbocycles. The molecule has 2 aromatic heterocycles. The molecule has 0 saturated carbocycles. The number of nitrogens with one attached hydrogen (secondary N) is 2. The molecule has 0 radical (unpaired) electrons. The second kappa shape index (κ2) is 10.8. The van der Waals surface area contributed by atoms with Crippen LogP contribution in [-0.4, -0.2) is 43.1 Å². The summed E-state index contributed by atoms with van der Waals surface area (Å²) in [6.45, 7) is 0.281. The van der Waals surface area contributed by atoms with Crippen molar-refractivity contribution in [3.8, 4) is 5.69 Å². The molecular formula is C28H24FN5O3S. The molecule has 1 fully saturated rings. The zero-order valence-corrected chi connectivity index (χ0v) is 20.9. The molecule has 1 saturated heterocycles. The molecule has 5 rings (SSSR count). The van der Waals surface area contributed by atoms with Crippen molar-refractivity contribution in [3.63, 3.8) is 0 Å². The molecule has 1 aliphatic rings. The summed E-state index contributed by atoms with van der Waals surface area (Å²) in [4.78, 5) is 30.5. The summed E-state index contributed by atoms with van der Waals surface area (Å²) in [6.07, 6.45) is 3.69. The smallest absolute Gasteiger partial charge is 0.335 e. The highest BCUT2D eigenvalue weighted by molar-refractivity contribution is 7.80. The number of carboxylic acids is 1. The molecule has 4 aromatic rings. The lowest BCUT2D eigenvalue weighted by molar-refractivity contribution is -0.116. The van der Waals surface area contributed by atoms with E-state index < -0.39 is 11.8 Å². The zero-order valence-electron chi connectivity index (χ0n) is 20.1. The van der Waals surface area contributed by atoms with E-state index in [4.69, 9.17) is 12.2 Å². The van der Waals surface area contributed by atoms with E-state index in [-0.39, 0.29) is 42.2 Å². The Morgan fingerprint density at radius 1 is 1.03 bits per heavy atom. The van der Waals surface area contributed by atoms with Crippen LogP contribution in [0.5, 0.6) is 0 Å². The Labute approximate surface area is 223 Å². The van der Waals surface area contributed by atoms with Gasteiger partial charge in [-0.05, 0) is 72.9 Å². The Morgan fingerprint density at radius 3 is 2.50 bits per heavy atom. The fourth-order valence-electron chi connectivity index (χ4n) is 4.60. The number of pyridine rings is 1. The lowest BCUT2D eigenvalue weighted by atomic mass is 10.0. The third kappa shape index (κ3) is 5.12. The largest absolute Gasteiger partial charge is 0.478 e. The van der Waals surface area contributed by atoms with Crippen molar-refractivity contribution in [1.29, 1.82) is 0 Å². The van der Waals surface area contributed by atoms with Gasteiger partial charge in [-0.15, -0.1) is 0 Å². The van der Waals surface area contributed by atoms with Gasteiger partial charge in [-0.2, -0.15) is 0 Å². The van der Waals surface area contributed by atoms with Gasteiger partial charge in [-0.25, -0.2) is 9.18 Å². The zero-order chi connectivity index (χ0) is 26.6. The van der Waals surface area contributed by atoms with Crippen LogP contribution in [0.2, 0.25) is 0 Å². The van der Waals surface area contributed by atoms with Crippen LogP contribution in [0.1, 0.15) is 40.3 Å². The summed E-state index contributed by atoms with van der Waals surface area (Å²) < 4.78 is 16.0. The number of carboxylic acid groups (broad SMARTS) is 1. The fourth-order valence-corrected chi connectivity index (χ4v) is 4.93. The van der Waals surface area contributed by atoms with E-state index >= 15 is 0 Å². The molecular weight excluding hydrogens is 505 g/mol. The molecule has 0 spiro atoms. The van der Waals surface area contributed by atoms with E-state index in [1.807, 2.05) is 46.0 Å². The molecule has 2 aromatic carbocycles. The summed E-state index contributed by atoms with van der Waals surface area (Å²) in [7, 11) is 0. The third-order valence-corrected chi connectivity index (χ3v) is 6.75. The highest BCUT2D eigenvalue weighted by Crippen LogP contribution is 2.39. The van der Waals surface area contributed by atoms with Crippen LogP contribution in [0.4, 0.5) is 10.1 Å². The van der Waals surface area contributed by atoms with Crippen LogP contribution >= 0.6 is 12.2 Å². The molecule has 0 unspecified atom stereocenters. The Bertz CT molecular complexity index is 1480. The van der Waals surface area contributed by atoms with Gasteiger partial charge in [0.05, 0.1) is 29.0 Å². The maximum Gasteiger partial charge on any atom is 0.335 e. The van der Waals surface area contributed by atoms with E-state index in [1.165, 1.54) is 12.1 Å². The van der Waals surface area contributed by atoms with Crippen LogP contribution < -0.4 is 10.6 Å². The topological polar surface area (TPSA) is 99.5 Å². The SMILES string of the molecule is O=C(CCN1C(=S)N[C@@H](c2ccccn2)[C@H]1c1cccn1-c1ccc(C(=O)O)cc1)Nc1ccccc1F. The van der Waals surface area contributed by atoms with Gasteiger partial charge in [0, 0.05) is 36.7 Å². The number of nitrogens with zero attached hydrogens (tertiary/aromatic N) is 3. The van der Waals surface area contributed by atoms with Crippen LogP contribution in [-0.2, 0) is 4.79 Å². The first-order chi connectivity index (χ1) is 18.4. The van der Waals surface area contributed by atoms with E-state index in [1.54, 1.807) is 42.6 Å². The van der Waals surface area contributed by atoms with E-state index in [0.717, 1.165) is 17.1 Å². The summed E-state index contributed by atoms with van der Waals surface area (Å²) >= 11 is 5.70. The van der Waals surface area contributed by atoms with E-state index in [2.05, 4.69) is 15.6 Å². The monoisotopic (exact) mass is 529 g/mol. The molecule has 3 heterocycles. The molecule has 8 nitrogen and oxygen atoms in total. The minimum atomic E-state index is -0.996. The number of amides is 1. The summed E-state index contributed by atoms with van der Waals surface area (Å²) in [5.74, 6) is -1.83. The fraction of sp³-hybridized carbons (Fsp3) is 0.143. The molecule has 0 bridgehead atoms. The summed E-state index contributed by atoms with van der Waals surface area (Å²) in [6, 6.07) is 21.5. The van der Waals surface area contributed by atoms with Gasteiger partial charge >= 0.3 is 5.97 Å². The van der Waals surface area contributed by atoms with Crippen LogP contribution in [0.15, 0.2) is 91.3 Å². The molecule has 1 amide bonds. The lowest BCUT2D eigenvalue weighted by Crippen LogP contribution is -2.33. The molecule has 2 atom stereocenters. The standard InChI is InChI=1S/C28H24FN5O3S/c29-20-6-1-2-7-21(20)31-24(35)14-17-34-26(25(32-28(34)38)22-8-3-4-15-30-22)23-9-5-16-33(23)19-12-10-18(11-13-19)27(36)37/h1-13,15-16,25-26H,14,17H2,(H,31,35)(H,32,38)(H,36,37)/t25-,26+/m0/s1. The highest BCUT2D eigenvalue weighted by atomic mass is 32.1. The van der Waals surface area contributed by atoms with Crippen molar-refractivity contribution < 1.29 is 19.1 Å². The first-order valence-corrected chi connectivity index (χ1v) is 12.4. The first kappa shape index (κ1) is 25.1. The maximum atomic E-state index is 14.0. The average Bonchev–Trinajstić information content (AvgIpc) is 3.53. The van der Waals surface area contributed by atoms with Gasteiger partial charge in [-0.1, -0.05) is 18.2 Å². The number of para-hydroxylation sites is 1. The number of aromatic carboxylic acids is 1. The molecule has 38 heavy (non-hydrogen) atoms. The van der Waals surface area contributed by atoms with E-state index in [9.17, 15) is 19.1 Å². The lowest BCUT2D eigenvalue weighted by Gasteiger charge is -2.29. The van der Waals surface area contributed by atoms with Crippen molar-refractivity contribution >= 4 is 34.9 Å². The van der Waals surface area contributed by atoms with Gasteiger partial charge in [0.25, 0.3) is 0 Å². The van der Waals surface area contributed by atoms with Gasteiger partial charge in [0.1, 0.15) is 5.82 Å². The number of thiocarbonyl (C=S) groups is 1. The number of aromatic nitrogens is 2. The molecule has 1 aliphatic heterocycles. The van der Waals surface area contributed by atoms with Crippen molar-refractivity contribution in [2.24, 2.45) is 0 Å². The number of hydrogen-bond donors (Lipinski definition) is 3. The van der Waals surface area contributed by atoms with Crippen molar-refractivity contribution in [1.82, 2.24) is 19.8 Å². The molecule has 10 heteroatoms. The number of halogens is 1. The van der Waals surface area contributed by atoms with Crippen molar-refractivity contribution in [2.45, 2.75) is 18.5 Å². The minimum absolute atomic E-state index is 0.0790. The summed E-state index contributed by atoms with van der Waals surface area (Å²) in [5, 5.41) is 15.7. The van der Waals surface area contributed by atoms with Crippen molar-refractivity contribution in [2.75, 3.05) is 11.9 Å². The first-order valence-electron chi connectivity index (χ1n) is 12.0. The van der Waals surface area contributed by atoms with Gasteiger partial charge in [-0.3, -0.25) is 9.78 Å². The number of rotatable bonds is 8. The normalized spacial score (nSPS) is 16.8. The molecule has 192 valence electrons. The second-order valence-electron chi connectivity index (χ2n) is 8.75. The highest BCUT2D eigenvalue weighted by Gasteiger charge is 2.41. The van der Waals surface area contributed by atoms with Crippen LogP contribution in [0, 0.1) is 5.82 Å². The average molecular weight is 530 g/mol. The Hall–Kier alpha value is -4.57. The number of carbonyl (C=O) groups is 2. The Morgan fingerprint density at radius 2 is 1.79 bits per heavy atom. The number of anilines is 1. The van der Waals surface area contributed by atoms with E-state index in [0.29, 0.717) is 5.11 Å². The second-order valence-corrected chi connectivity index (χ2v) is 9.14.